The standard InChI is InChI=1S/C25H35N5O6S3/c1-28-12-14-30(15-13-28)39(34,35)24-19-26-23(37-24)18-22(31)25(27-29-10-3-4-11-29)20-6-8-21(9-7-20)38(32,33)17-5-16-36-2/h6-9,19H,3-5,10-18H2,1-2H3/b27-25+. The smallest absolute Gasteiger partial charge is 0.254 e. The van der Waals surface area contributed by atoms with E-state index in [4.69, 9.17) is 4.74 Å². The molecule has 0 unspecified atom stereocenters. The molecule has 2 saturated heterocycles. The van der Waals surface area contributed by atoms with Crippen LogP contribution in [0.2, 0.25) is 0 Å². The molecule has 39 heavy (non-hydrogen) atoms. The number of carbonyl (C=O) groups excluding carboxylic acids is 1. The summed E-state index contributed by atoms with van der Waals surface area (Å²) < 4.78 is 58.0. The second-order valence-corrected chi connectivity index (χ2v) is 15.1. The summed E-state index contributed by atoms with van der Waals surface area (Å²) in [5, 5.41) is 6.84. The highest BCUT2D eigenvalue weighted by Gasteiger charge is 2.30. The highest BCUT2D eigenvalue weighted by molar-refractivity contribution is 7.91. The number of sulfone groups is 1. The Bertz CT molecular complexity index is 1380. The summed E-state index contributed by atoms with van der Waals surface area (Å²) in [7, 11) is -3.67. The van der Waals surface area contributed by atoms with E-state index in [1.54, 1.807) is 12.1 Å². The lowest BCUT2D eigenvalue weighted by Crippen LogP contribution is -2.46. The minimum absolute atomic E-state index is 0.0305. The van der Waals surface area contributed by atoms with E-state index in [1.807, 2.05) is 12.1 Å². The number of nitrogens with zero attached hydrogens (tertiary/aromatic N) is 5. The van der Waals surface area contributed by atoms with Gasteiger partial charge in [0, 0.05) is 58.5 Å². The molecule has 14 heteroatoms. The van der Waals surface area contributed by atoms with E-state index in [0.717, 1.165) is 37.3 Å². The summed E-state index contributed by atoms with van der Waals surface area (Å²) in [6.45, 7) is 3.96. The first-order chi connectivity index (χ1) is 18.6. The molecular formula is C25H35N5O6S3. The van der Waals surface area contributed by atoms with Crippen LogP contribution >= 0.6 is 11.3 Å². The number of benzene rings is 1. The molecule has 0 aliphatic carbocycles. The number of hydrazone groups is 1. The van der Waals surface area contributed by atoms with Crippen molar-refractivity contribution in [1.82, 2.24) is 19.2 Å². The number of hydrogen-bond acceptors (Lipinski definition) is 11. The predicted molar refractivity (Wildman–Crippen MR) is 149 cm³/mol. The fraction of sp³-hybridized carbons (Fsp3) is 0.560. The van der Waals surface area contributed by atoms with Gasteiger partial charge in [0.05, 0.1) is 23.3 Å². The van der Waals surface area contributed by atoms with Crippen LogP contribution in [0, 0.1) is 0 Å². The van der Waals surface area contributed by atoms with Crippen molar-refractivity contribution >= 4 is 42.7 Å². The van der Waals surface area contributed by atoms with E-state index in [-0.39, 0.29) is 32.8 Å². The maximum Gasteiger partial charge on any atom is 0.254 e. The maximum absolute atomic E-state index is 13.5. The SMILES string of the molecule is COCCCS(=O)(=O)c1ccc(/C(=N\N2CCCC2)C(=O)Cc2ncc(S(=O)(=O)N3CCN(C)CC3)s2)cc1. The molecule has 0 spiro atoms. The van der Waals surface area contributed by atoms with Crippen LogP contribution in [0.15, 0.2) is 44.7 Å². The molecule has 4 rings (SSSR count). The van der Waals surface area contributed by atoms with E-state index < -0.39 is 19.9 Å². The zero-order valence-electron chi connectivity index (χ0n) is 22.3. The fourth-order valence-electron chi connectivity index (χ4n) is 4.42. The van der Waals surface area contributed by atoms with Crippen molar-refractivity contribution < 1.29 is 26.4 Å². The number of sulfonamides is 1. The van der Waals surface area contributed by atoms with Gasteiger partial charge in [-0.05, 0) is 38.4 Å². The highest BCUT2D eigenvalue weighted by Crippen LogP contribution is 2.25. The lowest BCUT2D eigenvalue weighted by atomic mass is 10.0. The van der Waals surface area contributed by atoms with Gasteiger partial charge in [0.25, 0.3) is 10.0 Å². The highest BCUT2D eigenvalue weighted by atomic mass is 32.2. The molecule has 0 bridgehead atoms. The van der Waals surface area contributed by atoms with Crippen molar-refractivity contribution in [3.63, 3.8) is 0 Å². The Morgan fingerprint density at radius 1 is 1.03 bits per heavy atom. The first-order valence-corrected chi connectivity index (χ1v) is 16.8. The van der Waals surface area contributed by atoms with Crippen molar-refractivity contribution in [3.05, 3.63) is 41.0 Å². The van der Waals surface area contributed by atoms with Crippen molar-refractivity contribution in [3.8, 4) is 0 Å². The first-order valence-electron chi connectivity index (χ1n) is 12.9. The largest absolute Gasteiger partial charge is 0.385 e. The van der Waals surface area contributed by atoms with E-state index in [2.05, 4.69) is 15.0 Å². The molecule has 1 aromatic heterocycles. The normalized spacial score (nSPS) is 18.1. The van der Waals surface area contributed by atoms with Gasteiger partial charge in [0.2, 0.25) is 0 Å². The summed E-state index contributed by atoms with van der Waals surface area (Å²) in [5.41, 5.74) is 0.712. The van der Waals surface area contributed by atoms with Gasteiger partial charge in [-0.25, -0.2) is 21.8 Å². The Morgan fingerprint density at radius 3 is 2.33 bits per heavy atom. The van der Waals surface area contributed by atoms with Crippen LogP contribution in [0.25, 0.3) is 0 Å². The second kappa shape index (κ2) is 13.0. The van der Waals surface area contributed by atoms with Crippen LogP contribution in [-0.4, -0.2) is 113 Å². The number of Topliss-reactive ketones (excluding diaryl/α,β-unsaturated/α-hetero) is 1. The van der Waals surface area contributed by atoms with Gasteiger partial charge in [-0.15, -0.1) is 11.3 Å². The monoisotopic (exact) mass is 597 g/mol. The van der Waals surface area contributed by atoms with Gasteiger partial charge >= 0.3 is 0 Å². The van der Waals surface area contributed by atoms with Crippen molar-refractivity contribution in [2.24, 2.45) is 5.10 Å². The Hall–Kier alpha value is -2.23. The van der Waals surface area contributed by atoms with Gasteiger partial charge in [0.15, 0.2) is 19.8 Å². The van der Waals surface area contributed by atoms with Gasteiger partial charge in [0.1, 0.15) is 10.7 Å². The molecular weight excluding hydrogens is 563 g/mol. The van der Waals surface area contributed by atoms with Crippen molar-refractivity contribution in [1.29, 1.82) is 0 Å². The van der Waals surface area contributed by atoms with Crippen LogP contribution in [0.4, 0.5) is 0 Å². The minimum Gasteiger partial charge on any atom is -0.385 e. The average Bonchev–Trinajstić information content (AvgIpc) is 3.60. The molecule has 2 aliphatic heterocycles. The predicted octanol–water partition coefficient (Wildman–Crippen LogP) is 1.50. The van der Waals surface area contributed by atoms with Gasteiger partial charge in [-0.1, -0.05) is 12.1 Å². The Labute approximate surface area is 234 Å². The minimum atomic E-state index is -3.67. The van der Waals surface area contributed by atoms with Gasteiger partial charge < -0.3 is 9.64 Å². The van der Waals surface area contributed by atoms with Gasteiger partial charge in [-0.2, -0.15) is 9.41 Å². The molecule has 0 N–H and O–H groups in total. The maximum atomic E-state index is 13.5. The molecule has 3 heterocycles. The quantitative estimate of drug-likeness (QED) is 0.264. The number of methoxy groups -OCH3 is 1. The summed E-state index contributed by atoms with van der Waals surface area (Å²) in [4.78, 5) is 20.0. The molecule has 1 aromatic carbocycles. The lowest BCUT2D eigenvalue weighted by Gasteiger charge is -2.30. The Balaban J connectivity index is 1.52. The number of carbonyl (C=O) groups is 1. The van der Waals surface area contributed by atoms with Crippen LogP contribution in [-0.2, 0) is 35.8 Å². The third kappa shape index (κ3) is 7.50. The molecule has 0 amide bonds. The fourth-order valence-corrected chi connectivity index (χ4v) is 8.46. The molecule has 2 aromatic rings. The number of piperazine rings is 1. The number of ketones is 1. The zero-order valence-corrected chi connectivity index (χ0v) is 24.7. The number of hydrogen-bond donors (Lipinski definition) is 0. The van der Waals surface area contributed by atoms with Gasteiger partial charge in [-0.3, -0.25) is 9.80 Å². The first kappa shape index (κ1) is 29.7. The topological polar surface area (TPSA) is 130 Å². The molecule has 2 fully saturated rings. The number of ether oxygens (including phenoxy) is 1. The van der Waals surface area contributed by atoms with E-state index in [0.29, 0.717) is 49.8 Å². The molecule has 0 saturated carbocycles. The molecule has 2 aliphatic rings. The lowest BCUT2D eigenvalue weighted by molar-refractivity contribution is -0.112. The average molecular weight is 598 g/mol. The molecule has 0 atom stereocenters. The molecule has 0 radical (unpaired) electrons. The zero-order chi connectivity index (χ0) is 28.0. The van der Waals surface area contributed by atoms with Crippen LogP contribution < -0.4 is 0 Å². The van der Waals surface area contributed by atoms with Crippen molar-refractivity contribution in [2.75, 3.05) is 65.8 Å². The number of rotatable bonds is 12. The molecule has 11 nitrogen and oxygen atoms in total. The Kier molecular flexibility index (Phi) is 9.88. The third-order valence-corrected chi connectivity index (χ3v) is 11.9. The summed E-state index contributed by atoms with van der Waals surface area (Å²) in [5.74, 6) is -0.340. The summed E-state index contributed by atoms with van der Waals surface area (Å²) in [6.07, 6.45) is 3.56. The van der Waals surface area contributed by atoms with Crippen LogP contribution in [0.1, 0.15) is 29.8 Å². The summed E-state index contributed by atoms with van der Waals surface area (Å²) >= 11 is 1.000. The second-order valence-electron chi connectivity index (χ2n) is 9.68. The third-order valence-electron chi connectivity index (χ3n) is 6.74. The number of likely N-dealkylation sites (N-methyl/N-ethyl adjacent to an activating group) is 1. The number of thiazole rings is 1. The Morgan fingerprint density at radius 2 is 1.69 bits per heavy atom. The van der Waals surface area contributed by atoms with Crippen LogP contribution in [0.3, 0.4) is 0 Å². The van der Waals surface area contributed by atoms with E-state index >= 15 is 0 Å². The van der Waals surface area contributed by atoms with Crippen LogP contribution in [0.5, 0.6) is 0 Å². The molecule has 214 valence electrons. The van der Waals surface area contributed by atoms with E-state index in [1.165, 1.54) is 29.7 Å². The summed E-state index contributed by atoms with van der Waals surface area (Å²) in [6, 6.07) is 6.19. The van der Waals surface area contributed by atoms with Crippen molar-refractivity contribution in [2.45, 2.75) is 34.8 Å². The number of aromatic nitrogens is 1. The van der Waals surface area contributed by atoms with E-state index in [9.17, 15) is 21.6 Å².